The van der Waals surface area contributed by atoms with Gasteiger partial charge >= 0.3 is 0 Å². The Hall–Kier alpha value is -3.92. The molecule has 0 saturated heterocycles. The molecule has 28 heavy (non-hydrogen) atoms. The molecule has 0 spiro atoms. The normalized spacial score (nSPS) is 11.6. The summed E-state index contributed by atoms with van der Waals surface area (Å²) in [5, 5.41) is 12.5. The molecule has 0 aliphatic heterocycles. The molecule has 3 aromatic carbocycles. The molecule has 0 amide bonds. The minimum atomic E-state index is 0.841. The maximum absolute atomic E-state index is 4.68. The van der Waals surface area contributed by atoms with Crippen LogP contribution in [0.1, 0.15) is 0 Å². The Morgan fingerprint density at radius 2 is 1.50 bits per heavy atom. The number of nitrogens with zero attached hydrogens (tertiary/aromatic N) is 3. The maximum Gasteiger partial charge on any atom is 0.161 e. The molecule has 0 unspecified atom stereocenters. The number of hydrogen-bond acceptors (Lipinski definition) is 2. The zero-order valence-electron chi connectivity index (χ0n) is 15.0. The number of benzene rings is 3. The van der Waals surface area contributed by atoms with E-state index in [1.807, 2.05) is 30.5 Å². The summed E-state index contributed by atoms with van der Waals surface area (Å²) >= 11 is 0. The smallest absolute Gasteiger partial charge is 0.161 e. The first-order valence-corrected chi connectivity index (χ1v) is 9.28. The molecule has 0 aliphatic rings. The van der Waals surface area contributed by atoms with E-state index in [2.05, 4.69) is 80.4 Å². The third-order valence-corrected chi connectivity index (χ3v) is 5.27. The Morgan fingerprint density at radius 1 is 0.714 bits per heavy atom. The van der Waals surface area contributed by atoms with Crippen molar-refractivity contribution < 1.29 is 0 Å². The van der Waals surface area contributed by atoms with Crippen LogP contribution in [0.4, 0.5) is 0 Å². The van der Waals surface area contributed by atoms with Crippen molar-refractivity contribution in [2.45, 2.75) is 0 Å². The van der Waals surface area contributed by atoms with E-state index in [0.29, 0.717) is 0 Å². The Kier molecular flexibility index (Phi) is 3.14. The third kappa shape index (κ3) is 2.18. The Balaban J connectivity index is 1.68. The minimum Gasteiger partial charge on any atom is -0.276 e. The van der Waals surface area contributed by atoms with Crippen molar-refractivity contribution in [1.29, 1.82) is 0 Å². The predicted octanol–water partition coefficient (Wildman–Crippen LogP) is 5.72. The second-order valence-electron chi connectivity index (χ2n) is 6.93. The van der Waals surface area contributed by atoms with Crippen molar-refractivity contribution in [1.82, 2.24) is 19.7 Å². The Bertz CT molecular complexity index is 1460. The van der Waals surface area contributed by atoms with Crippen LogP contribution in [0, 0.1) is 0 Å². The number of H-pyrrole nitrogens is 1. The van der Waals surface area contributed by atoms with Crippen molar-refractivity contribution in [3.8, 4) is 17.1 Å². The molecule has 0 bridgehead atoms. The molecule has 1 N–H and O–H groups in total. The average molecular weight is 360 g/mol. The summed E-state index contributed by atoms with van der Waals surface area (Å²) in [7, 11) is 0. The predicted molar refractivity (Wildman–Crippen MR) is 114 cm³/mol. The molecule has 3 heterocycles. The van der Waals surface area contributed by atoms with E-state index in [1.165, 1.54) is 16.2 Å². The lowest BCUT2D eigenvalue weighted by atomic mass is 10.1. The highest BCUT2D eigenvalue weighted by atomic mass is 15.2. The molecular formula is C24H16N4. The van der Waals surface area contributed by atoms with Gasteiger partial charge in [0.25, 0.3) is 0 Å². The second-order valence-corrected chi connectivity index (χ2v) is 6.93. The fourth-order valence-corrected chi connectivity index (χ4v) is 3.95. The van der Waals surface area contributed by atoms with E-state index in [4.69, 9.17) is 0 Å². The van der Waals surface area contributed by atoms with Gasteiger partial charge in [-0.1, -0.05) is 54.6 Å². The van der Waals surface area contributed by atoms with E-state index < -0.39 is 0 Å². The van der Waals surface area contributed by atoms with Crippen LogP contribution in [0.15, 0.2) is 91.1 Å². The van der Waals surface area contributed by atoms with Crippen molar-refractivity contribution in [2.24, 2.45) is 0 Å². The van der Waals surface area contributed by atoms with E-state index in [-0.39, 0.29) is 0 Å². The number of aromatic amines is 1. The molecule has 0 saturated carbocycles. The van der Waals surface area contributed by atoms with Crippen molar-refractivity contribution in [3.05, 3.63) is 91.1 Å². The lowest BCUT2D eigenvalue weighted by molar-refractivity contribution is 0.999. The van der Waals surface area contributed by atoms with Gasteiger partial charge in [0.05, 0.1) is 11.2 Å². The van der Waals surface area contributed by atoms with Gasteiger partial charge in [-0.2, -0.15) is 5.10 Å². The van der Waals surface area contributed by atoms with Gasteiger partial charge in [-0.3, -0.25) is 9.67 Å². The quantitative estimate of drug-likeness (QED) is 0.429. The lowest BCUT2D eigenvalue weighted by Crippen LogP contribution is -1.95. The molecule has 3 aromatic heterocycles. The monoisotopic (exact) mass is 360 g/mol. The average Bonchev–Trinajstić information content (AvgIpc) is 3.35. The van der Waals surface area contributed by atoms with Gasteiger partial charge in [-0.15, -0.1) is 0 Å². The van der Waals surface area contributed by atoms with E-state index in [9.17, 15) is 0 Å². The number of pyridine rings is 1. The maximum atomic E-state index is 4.68. The Morgan fingerprint density at radius 3 is 2.36 bits per heavy atom. The van der Waals surface area contributed by atoms with E-state index >= 15 is 0 Å². The molecule has 0 atom stereocenters. The van der Waals surface area contributed by atoms with Gasteiger partial charge in [-0.05, 0) is 40.6 Å². The van der Waals surface area contributed by atoms with Crippen LogP contribution in [-0.2, 0) is 0 Å². The van der Waals surface area contributed by atoms with Gasteiger partial charge in [0.1, 0.15) is 5.65 Å². The fourth-order valence-electron chi connectivity index (χ4n) is 3.95. The lowest BCUT2D eigenvalue weighted by Gasteiger charge is -2.03. The van der Waals surface area contributed by atoms with Gasteiger partial charge < -0.3 is 0 Å². The Labute approximate surface area is 161 Å². The number of hydrogen-bond donors (Lipinski definition) is 1. The molecule has 4 nitrogen and oxygen atoms in total. The number of fused-ring (bicyclic) bond motifs is 4. The standard InChI is InChI=1S/C24H16N4/c1-2-7-16(8-3-1)21-15-23(27-26-21)28-22-14-18-10-5-4-9-17(18)13-20(22)19-11-6-12-25-24(19)28/h1-15H,(H,26,27). The van der Waals surface area contributed by atoms with E-state index in [0.717, 1.165) is 33.6 Å². The summed E-state index contributed by atoms with van der Waals surface area (Å²) in [5.41, 5.74) is 4.13. The molecule has 0 aliphatic carbocycles. The molecule has 6 rings (SSSR count). The number of aromatic nitrogens is 4. The first-order valence-electron chi connectivity index (χ1n) is 9.28. The van der Waals surface area contributed by atoms with Crippen LogP contribution in [-0.4, -0.2) is 19.7 Å². The molecule has 0 fully saturated rings. The zero-order valence-corrected chi connectivity index (χ0v) is 15.0. The molecule has 0 radical (unpaired) electrons. The van der Waals surface area contributed by atoms with Crippen LogP contribution in [0.3, 0.4) is 0 Å². The number of rotatable bonds is 2. The van der Waals surface area contributed by atoms with Crippen LogP contribution >= 0.6 is 0 Å². The topological polar surface area (TPSA) is 46.5 Å². The highest BCUT2D eigenvalue weighted by Crippen LogP contribution is 2.34. The molecule has 6 aromatic rings. The van der Waals surface area contributed by atoms with Crippen molar-refractivity contribution in [2.75, 3.05) is 0 Å². The summed E-state index contributed by atoms with van der Waals surface area (Å²) < 4.78 is 2.14. The zero-order chi connectivity index (χ0) is 18.5. The molecular weight excluding hydrogens is 344 g/mol. The largest absolute Gasteiger partial charge is 0.276 e. The summed E-state index contributed by atoms with van der Waals surface area (Å²) in [6.07, 6.45) is 1.84. The van der Waals surface area contributed by atoms with Crippen molar-refractivity contribution in [3.63, 3.8) is 0 Å². The van der Waals surface area contributed by atoms with Crippen LogP contribution in [0.5, 0.6) is 0 Å². The summed E-state index contributed by atoms with van der Waals surface area (Å²) in [6.45, 7) is 0. The van der Waals surface area contributed by atoms with Crippen LogP contribution in [0.2, 0.25) is 0 Å². The van der Waals surface area contributed by atoms with Gasteiger partial charge in [-0.25, -0.2) is 4.98 Å². The van der Waals surface area contributed by atoms with Crippen LogP contribution < -0.4 is 0 Å². The van der Waals surface area contributed by atoms with E-state index in [1.54, 1.807) is 0 Å². The summed E-state index contributed by atoms with van der Waals surface area (Å²) in [5.74, 6) is 0.841. The number of nitrogens with one attached hydrogen (secondary N) is 1. The summed E-state index contributed by atoms with van der Waals surface area (Å²) in [4.78, 5) is 4.68. The molecule has 132 valence electrons. The highest BCUT2D eigenvalue weighted by Gasteiger charge is 2.16. The summed E-state index contributed by atoms with van der Waals surface area (Å²) in [6, 6.07) is 29.3. The second kappa shape index (κ2) is 5.79. The van der Waals surface area contributed by atoms with Gasteiger partial charge in [0.15, 0.2) is 5.82 Å². The third-order valence-electron chi connectivity index (χ3n) is 5.27. The highest BCUT2D eigenvalue weighted by molar-refractivity contribution is 6.12. The van der Waals surface area contributed by atoms with Crippen molar-refractivity contribution >= 4 is 32.7 Å². The van der Waals surface area contributed by atoms with Gasteiger partial charge in [0.2, 0.25) is 0 Å². The first kappa shape index (κ1) is 15.2. The fraction of sp³-hybridized carbons (Fsp3) is 0. The van der Waals surface area contributed by atoms with Gasteiger partial charge in [0, 0.05) is 23.0 Å². The van der Waals surface area contributed by atoms with Crippen LogP contribution in [0.25, 0.3) is 49.8 Å². The first-order chi connectivity index (χ1) is 13.9. The minimum absolute atomic E-state index is 0.841. The SMILES string of the molecule is c1ccc(-c2cc(-n3c4cc5ccccc5cc4c4cccnc43)n[nH]2)cc1. The molecule has 4 heteroatoms.